The van der Waals surface area contributed by atoms with Crippen LogP contribution in [-0.4, -0.2) is 43.3 Å². The molecule has 0 fully saturated rings. The van der Waals surface area contributed by atoms with Gasteiger partial charge in [0.2, 0.25) is 0 Å². The second-order valence-electron chi connectivity index (χ2n) is 7.21. The van der Waals surface area contributed by atoms with Gasteiger partial charge in [0.25, 0.3) is 5.91 Å². The van der Waals surface area contributed by atoms with E-state index in [1.165, 1.54) is 5.01 Å². The predicted molar refractivity (Wildman–Crippen MR) is 128 cm³/mol. The highest BCUT2D eigenvalue weighted by Gasteiger charge is 2.34. The zero-order chi connectivity index (χ0) is 23.2. The molecule has 1 aliphatic heterocycles. The Morgan fingerprint density at radius 2 is 1.91 bits per heavy atom. The number of carbonyl (C=O) groups is 1. The predicted octanol–water partition coefficient (Wildman–Crippen LogP) is 3.78. The summed E-state index contributed by atoms with van der Waals surface area (Å²) in [6.45, 7) is -0.293. The number of amidine groups is 1. The first-order valence-electron chi connectivity index (χ1n) is 10.3. The zero-order valence-corrected chi connectivity index (χ0v) is 19.1. The van der Waals surface area contributed by atoms with Gasteiger partial charge in [-0.2, -0.15) is 5.10 Å². The Kier molecular flexibility index (Phi) is 6.89. The quantitative estimate of drug-likeness (QED) is 0.311. The summed E-state index contributed by atoms with van der Waals surface area (Å²) >= 11 is 1.58. The van der Waals surface area contributed by atoms with Gasteiger partial charge in [-0.05, 0) is 29.1 Å². The van der Waals surface area contributed by atoms with Gasteiger partial charge in [0.1, 0.15) is 0 Å². The van der Waals surface area contributed by atoms with E-state index in [9.17, 15) is 4.79 Å². The minimum absolute atomic E-state index is 0.198. The van der Waals surface area contributed by atoms with Crippen LogP contribution in [0.3, 0.4) is 0 Å². The van der Waals surface area contributed by atoms with Crippen LogP contribution in [0.1, 0.15) is 28.5 Å². The molecule has 2 heterocycles. The first-order valence-corrected chi connectivity index (χ1v) is 11.1. The van der Waals surface area contributed by atoms with E-state index in [0.717, 1.165) is 16.2 Å². The van der Waals surface area contributed by atoms with Crippen molar-refractivity contribution in [2.24, 2.45) is 16.0 Å². The maximum absolute atomic E-state index is 13.1. The van der Waals surface area contributed by atoms with E-state index < -0.39 is 0 Å². The molecule has 0 spiro atoms. The summed E-state index contributed by atoms with van der Waals surface area (Å²) in [5.41, 5.74) is 8.38. The molecule has 8 nitrogen and oxygen atoms in total. The van der Waals surface area contributed by atoms with Crippen LogP contribution in [0, 0.1) is 0 Å². The largest absolute Gasteiger partial charge is 0.493 e. The molecule has 1 atom stereocenters. The molecule has 0 bridgehead atoms. The smallest absolute Gasteiger partial charge is 0.283 e. The Morgan fingerprint density at radius 3 is 2.61 bits per heavy atom. The molecule has 0 radical (unpaired) electrons. The number of carbonyl (C=O) groups excluding carboxylic acids is 1. The molecular formula is C24H24N4O4S. The lowest BCUT2D eigenvalue weighted by atomic mass is 10.0. The van der Waals surface area contributed by atoms with Crippen molar-refractivity contribution in [3.05, 3.63) is 82.0 Å². The van der Waals surface area contributed by atoms with Crippen LogP contribution in [0.4, 0.5) is 0 Å². The van der Waals surface area contributed by atoms with Crippen LogP contribution in [-0.2, 0) is 9.63 Å². The monoisotopic (exact) mass is 464 g/mol. The molecule has 0 aliphatic carbocycles. The number of hydrogen-bond acceptors (Lipinski definition) is 7. The van der Waals surface area contributed by atoms with Crippen molar-refractivity contribution in [2.45, 2.75) is 12.5 Å². The third-order valence-electron chi connectivity index (χ3n) is 5.18. The topological polar surface area (TPSA) is 98.7 Å². The minimum atomic E-state index is -0.328. The molecule has 1 aromatic heterocycles. The number of ether oxygens (including phenoxy) is 2. The number of rotatable bonds is 8. The molecule has 170 valence electrons. The van der Waals surface area contributed by atoms with E-state index in [2.05, 4.69) is 10.3 Å². The first-order chi connectivity index (χ1) is 16.1. The fraction of sp³-hybridized carbons (Fsp3) is 0.208. The summed E-state index contributed by atoms with van der Waals surface area (Å²) in [5.74, 6) is 1.07. The summed E-state index contributed by atoms with van der Waals surface area (Å²) in [6, 6.07) is 18.4. The van der Waals surface area contributed by atoms with Gasteiger partial charge >= 0.3 is 0 Å². The number of thiophene rings is 1. The second kappa shape index (κ2) is 10.2. The Balaban J connectivity index is 1.55. The van der Waals surface area contributed by atoms with Crippen molar-refractivity contribution in [3.63, 3.8) is 0 Å². The molecule has 9 heteroatoms. The highest BCUT2D eigenvalue weighted by molar-refractivity contribution is 7.12. The molecule has 2 aromatic carbocycles. The van der Waals surface area contributed by atoms with Gasteiger partial charge < -0.3 is 20.0 Å². The lowest BCUT2D eigenvalue weighted by Crippen LogP contribution is -2.30. The lowest BCUT2D eigenvalue weighted by Gasteiger charge is -2.22. The summed E-state index contributed by atoms with van der Waals surface area (Å²) in [6.07, 6.45) is 0.567. The Labute approximate surface area is 195 Å². The average molecular weight is 465 g/mol. The van der Waals surface area contributed by atoms with Gasteiger partial charge in [0, 0.05) is 12.0 Å². The summed E-state index contributed by atoms with van der Waals surface area (Å²) in [4.78, 5) is 19.4. The normalized spacial score (nSPS) is 15.8. The number of oxime groups is 1. The van der Waals surface area contributed by atoms with Crippen LogP contribution in [0.15, 0.2) is 76.3 Å². The standard InChI is InChI=1S/C24H24N4O4S/c1-30-20-11-10-17(13-21(20)31-2)19-14-18(22-9-6-12-33-22)26-28(19)23(29)15-32-27-24(25)16-7-4-3-5-8-16/h3-13,19H,14-15H2,1-2H3,(H2,25,27). The Morgan fingerprint density at radius 1 is 1.12 bits per heavy atom. The zero-order valence-electron chi connectivity index (χ0n) is 18.3. The van der Waals surface area contributed by atoms with E-state index in [-0.39, 0.29) is 24.4 Å². The number of hydrogen-bond donors (Lipinski definition) is 1. The second-order valence-corrected chi connectivity index (χ2v) is 8.16. The van der Waals surface area contributed by atoms with Crippen LogP contribution in [0.2, 0.25) is 0 Å². The van der Waals surface area contributed by atoms with Crippen molar-refractivity contribution in [1.82, 2.24) is 5.01 Å². The molecule has 0 saturated heterocycles. The number of methoxy groups -OCH3 is 2. The van der Waals surface area contributed by atoms with Crippen LogP contribution in [0.25, 0.3) is 0 Å². The first kappa shape index (κ1) is 22.3. The maximum atomic E-state index is 13.1. The molecular weight excluding hydrogens is 440 g/mol. The number of benzene rings is 2. The number of hydrazone groups is 1. The van der Waals surface area contributed by atoms with Crippen LogP contribution < -0.4 is 15.2 Å². The molecule has 3 aromatic rings. The fourth-order valence-corrected chi connectivity index (χ4v) is 4.26. The van der Waals surface area contributed by atoms with E-state index in [1.54, 1.807) is 25.6 Å². The summed E-state index contributed by atoms with van der Waals surface area (Å²) < 4.78 is 10.8. The lowest BCUT2D eigenvalue weighted by molar-refractivity contribution is -0.138. The molecule has 1 aliphatic rings. The summed E-state index contributed by atoms with van der Waals surface area (Å²) in [5, 5.41) is 11.9. The van der Waals surface area contributed by atoms with Crippen molar-refractivity contribution in [1.29, 1.82) is 0 Å². The van der Waals surface area contributed by atoms with Crippen molar-refractivity contribution >= 4 is 28.8 Å². The van der Waals surface area contributed by atoms with Gasteiger partial charge in [0.15, 0.2) is 23.9 Å². The molecule has 1 unspecified atom stereocenters. The molecule has 1 amide bonds. The van der Waals surface area contributed by atoms with Crippen molar-refractivity contribution < 1.29 is 19.1 Å². The van der Waals surface area contributed by atoms with Crippen molar-refractivity contribution in [2.75, 3.05) is 20.8 Å². The number of nitrogens with two attached hydrogens (primary N) is 1. The molecule has 4 rings (SSSR count). The van der Waals surface area contributed by atoms with Gasteiger partial charge in [-0.3, -0.25) is 4.79 Å². The highest BCUT2D eigenvalue weighted by Crippen LogP contribution is 2.37. The van der Waals surface area contributed by atoms with E-state index in [4.69, 9.17) is 20.0 Å². The number of nitrogens with zero attached hydrogens (tertiary/aromatic N) is 3. The molecule has 2 N–H and O–H groups in total. The van der Waals surface area contributed by atoms with Crippen LogP contribution >= 0.6 is 11.3 Å². The Hall–Kier alpha value is -3.85. The molecule has 33 heavy (non-hydrogen) atoms. The average Bonchev–Trinajstić information content (AvgIpc) is 3.54. The van der Waals surface area contributed by atoms with Crippen LogP contribution in [0.5, 0.6) is 11.5 Å². The van der Waals surface area contributed by atoms with Gasteiger partial charge in [-0.1, -0.05) is 47.6 Å². The van der Waals surface area contributed by atoms with E-state index >= 15 is 0 Å². The Bertz CT molecular complexity index is 1160. The third kappa shape index (κ3) is 4.98. The highest BCUT2D eigenvalue weighted by atomic mass is 32.1. The van der Waals surface area contributed by atoms with E-state index in [1.807, 2.05) is 66.0 Å². The fourth-order valence-electron chi connectivity index (χ4n) is 3.54. The maximum Gasteiger partial charge on any atom is 0.283 e. The van der Waals surface area contributed by atoms with Gasteiger partial charge in [-0.15, -0.1) is 11.3 Å². The SMILES string of the molecule is COc1ccc(C2CC(c3cccs3)=NN2C(=O)CO/N=C(\N)c2ccccc2)cc1OC. The summed E-state index contributed by atoms with van der Waals surface area (Å²) in [7, 11) is 3.16. The molecule has 0 saturated carbocycles. The van der Waals surface area contributed by atoms with Gasteiger partial charge in [0.05, 0.1) is 30.9 Å². The minimum Gasteiger partial charge on any atom is -0.493 e. The van der Waals surface area contributed by atoms with Crippen molar-refractivity contribution in [3.8, 4) is 11.5 Å². The van der Waals surface area contributed by atoms with E-state index in [0.29, 0.717) is 23.5 Å². The number of amides is 1. The van der Waals surface area contributed by atoms with Gasteiger partial charge in [-0.25, -0.2) is 5.01 Å². The third-order valence-corrected chi connectivity index (χ3v) is 6.10.